The second-order valence-corrected chi connectivity index (χ2v) is 19.8. The molecule has 2 aromatic heterocycles. The molecule has 3 atom stereocenters. The van der Waals surface area contributed by atoms with Gasteiger partial charge < -0.3 is 30.5 Å². The van der Waals surface area contributed by atoms with Crippen LogP contribution in [-0.2, 0) is 19.0 Å². The van der Waals surface area contributed by atoms with Crippen molar-refractivity contribution in [1.29, 1.82) is 0 Å². The first-order valence-corrected chi connectivity index (χ1v) is 25.2. The number of aromatic nitrogens is 2. The molecular formula is C59H72B2F2N2NaO7. The minimum absolute atomic E-state index is 0. The van der Waals surface area contributed by atoms with Crippen LogP contribution in [0.25, 0.3) is 56.2 Å². The Morgan fingerprint density at radius 2 is 1.07 bits per heavy atom. The van der Waals surface area contributed by atoms with Crippen LogP contribution in [0.3, 0.4) is 0 Å². The first-order valence-electron chi connectivity index (χ1n) is 25.2. The Morgan fingerprint density at radius 3 is 1.44 bits per heavy atom. The van der Waals surface area contributed by atoms with Crippen molar-refractivity contribution in [2.45, 2.75) is 148 Å². The van der Waals surface area contributed by atoms with Crippen molar-refractivity contribution >= 4 is 66.6 Å². The van der Waals surface area contributed by atoms with Gasteiger partial charge >= 0.3 is 29.6 Å². The van der Waals surface area contributed by atoms with Crippen molar-refractivity contribution in [3.63, 3.8) is 0 Å². The van der Waals surface area contributed by atoms with Gasteiger partial charge in [-0.3, -0.25) is 14.4 Å². The first-order chi connectivity index (χ1) is 34.0. The number of carbonyl (C=O) groups excluding carboxylic acids is 3. The molecule has 1 unspecified atom stereocenters. The fourth-order valence-corrected chi connectivity index (χ4v) is 10.7. The van der Waals surface area contributed by atoms with Crippen LogP contribution >= 0.6 is 0 Å². The molecule has 4 heterocycles. The monoisotopic (exact) mass is 1000 g/mol. The average molecular weight is 1000 g/mol. The van der Waals surface area contributed by atoms with E-state index < -0.39 is 18.3 Å². The first kappa shape index (κ1) is 60.8. The van der Waals surface area contributed by atoms with Gasteiger partial charge in [0.25, 0.3) is 6.92 Å². The van der Waals surface area contributed by atoms with Crippen LogP contribution in [-0.4, -0.2) is 82.6 Å². The number of Topliss-reactive ketones (excluding diaryl/α,β-unsaturated/α-hetero) is 3. The number of aliphatic hydroxyl groups excluding tert-OH is 3. The summed E-state index contributed by atoms with van der Waals surface area (Å²) in [6.45, 7) is 11.7. The van der Waals surface area contributed by atoms with Crippen LogP contribution in [0, 0.1) is 11.6 Å². The van der Waals surface area contributed by atoms with Crippen molar-refractivity contribution < 1.29 is 74.1 Å². The number of rotatable bonds is 17. The van der Waals surface area contributed by atoms with E-state index in [2.05, 4.69) is 36.8 Å². The van der Waals surface area contributed by atoms with Crippen LogP contribution in [0.4, 0.5) is 8.78 Å². The number of fused-ring (bicyclic) bond motifs is 4. The van der Waals surface area contributed by atoms with Gasteiger partial charge in [0, 0.05) is 91.2 Å². The van der Waals surface area contributed by atoms with E-state index in [1.165, 1.54) is 76.6 Å². The topological polar surface area (TPSA) is 131 Å². The Balaban J connectivity index is 0.000000313. The maximum atomic E-state index is 13.5. The number of benzene rings is 4. The summed E-state index contributed by atoms with van der Waals surface area (Å²) >= 11 is 0. The van der Waals surface area contributed by atoms with E-state index in [-0.39, 0.29) is 106 Å². The fraction of sp³-hybridized carbons (Fsp3) is 0.407. The van der Waals surface area contributed by atoms with Crippen molar-refractivity contribution in [2.24, 2.45) is 0 Å². The van der Waals surface area contributed by atoms with E-state index in [1.807, 2.05) is 67.8 Å². The van der Waals surface area contributed by atoms with Crippen LogP contribution < -0.4 is 29.6 Å². The summed E-state index contributed by atoms with van der Waals surface area (Å²) in [7, 11) is 1.89. The predicted molar refractivity (Wildman–Crippen MR) is 291 cm³/mol. The molecular weight excluding hydrogens is 931 g/mol. The van der Waals surface area contributed by atoms with Gasteiger partial charge in [0.15, 0.2) is 0 Å². The summed E-state index contributed by atoms with van der Waals surface area (Å²) in [4.78, 5) is 34.1. The number of hydrogen-bond acceptors (Lipinski definition) is 7. The molecule has 14 heteroatoms. The molecule has 9 nitrogen and oxygen atoms in total. The third-order valence-electron chi connectivity index (χ3n) is 13.6. The Bertz CT molecular complexity index is 2790. The van der Waals surface area contributed by atoms with Gasteiger partial charge in [0.1, 0.15) is 29.0 Å². The van der Waals surface area contributed by atoms with Crippen molar-refractivity contribution in [3.8, 4) is 22.3 Å². The average Bonchev–Trinajstić information content (AvgIpc) is 3.83. The Morgan fingerprint density at radius 1 is 0.658 bits per heavy atom. The van der Waals surface area contributed by atoms with Crippen molar-refractivity contribution in [2.75, 3.05) is 7.11 Å². The van der Waals surface area contributed by atoms with E-state index in [0.29, 0.717) is 6.92 Å². The normalized spacial score (nSPS) is 16.6. The Hall–Kier alpha value is -4.72. The predicted octanol–water partition coefficient (Wildman–Crippen LogP) is 9.94. The third-order valence-corrected chi connectivity index (χ3v) is 13.6. The molecule has 6 aromatic rings. The second-order valence-electron chi connectivity index (χ2n) is 19.8. The zero-order valence-corrected chi connectivity index (χ0v) is 45.9. The quantitative estimate of drug-likeness (QED) is 0.0613. The van der Waals surface area contributed by atoms with Gasteiger partial charge in [-0.15, -0.1) is 0 Å². The fourth-order valence-electron chi connectivity index (χ4n) is 10.7. The molecule has 0 spiro atoms. The van der Waals surface area contributed by atoms with Crippen molar-refractivity contribution in [1.82, 2.24) is 9.13 Å². The Kier molecular flexibility index (Phi) is 24.0. The van der Waals surface area contributed by atoms with Crippen LogP contribution in [0.15, 0.2) is 109 Å². The van der Waals surface area contributed by atoms with E-state index in [4.69, 9.17) is 4.65 Å². The molecule has 8 rings (SSSR count). The molecule has 3 radical (unpaired) electrons. The summed E-state index contributed by atoms with van der Waals surface area (Å²) in [5, 5.41) is 32.7. The Labute approximate surface area is 456 Å². The van der Waals surface area contributed by atoms with Gasteiger partial charge in [-0.2, -0.15) is 0 Å². The molecule has 381 valence electrons. The molecule has 2 fully saturated rings. The van der Waals surface area contributed by atoms with Gasteiger partial charge in [0.2, 0.25) is 0 Å². The maximum absolute atomic E-state index is 13.5. The van der Waals surface area contributed by atoms with E-state index in [0.717, 1.165) is 67.1 Å². The standard InChI is InChI=1S/C25H28FNO3.C25H26FNO3.C9H17BO.B.Na.H/c2*1-16(2)27-23-7-5-4-6-22(23)25(18-8-10-19(26)11-9-18)24(27)13-12-20(29)15-21(30)14-17(3)28;1-11-10-8-4-2-5-9(10)7-3-6-8;;;/h4-13,16,20-21,29-30H,14-15H2,1-3H3;4-13,16,20,29H,14-15H2,1-3H3;8-9H,2-7H2,1H3;;;/q;;;;+1;-1/b2*13-12+;;;;/t20-,21+;;;;;/m1...../s1. The molecule has 2 aliphatic heterocycles. The molecule has 73 heavy (non-hydrogen) atoms. The number of carbonyl (C=O) groups is 3. The summed E-state index contributed by atoms with van der Waals surface area (Å²) in [6, 6.07) is 29.1. The molecule has 3 N–H and O–H groups in total. The smallest absolute Gasteiger partial charge is 1.00 e. The molecule has 2 aliphatic rings. The van der Waals surface area contributed by atoms with Crippen LogP contribution in [0.5, 0.6) is 0 Å². The number of nitrogens with zero attached hydrogens (tertiary/aromatic N) is 2. The molecule has 2 saturated heterocycles. The second kappa shape index (κ2) is 28.8. The number of para-hydroxylation sites is 2. The molecule has 0 amide bonds. The van der Waals surface area contributed by atoms with E-state index in [1.54, 1.807) is 36.4 Å². The summed E-state index contributed by atoms with van der Waals surface area (Å²) in [6.07, 6.45) is 12.6. The summed E-state index contributed by atoms with van der Waals surface area (Å²) in [5.74, 6) is 0.607. The molecule has 0 aliphatic carbocycles. The summed E-state index contributed by atoms with van der Waals surface area (Å²) < 4.78 is 36.9. The number of ketones is 3. The molecule has 0 saturated carbocycles. The SMILES string of the molecule is CC(=O)CC(=O)CC(O)/C=C/c1c(-c2ccc(F)cc2)c2ccccc2n1C(C)C.CC(=O)C[C@H](O)C[C@H](O)/C=C/c1c(-c2ccc(F)cc2)c2ccccc2n1C(C)C.COB1C2CCCC1CCC2.[B].[H-].[Na+]. The third kappa shape index (κ3) is 16.1. The minimum Gasteiger partial charge on any atom is -1.00 e. The number of hydrogen-bond donors (Lipinski definition) is 3. The van der Waals surface area contributed by atoms with E-state index in [9.17, 15) is 38.5 Å². The van der Waals surface area contributed by atoms with E-state index >= 15 is 0 Å². The van der Waals surface area contributed by atoms with Gasteiger partial charge in [-0.25, -0.2) is 8.78 Å². The minimum atomic E-state index is -0.989. The molecule has 2 bridgehead atoms. The zero-order valence-electron chi connectivity index (χ0n) is 44.9. The summed E-state index contributed by atoms with van der Waals surface area (Å²) in [5.41, 5.74) is 7.52. The van der Waals surface area contributed by atoms with Gasteiger partial charge in [0.05, 0.1) is 24.7 Å². The molecule has 4 aromatic carbocycles. The van der Waals surface area contributed by atoms with Gasteiger partial charge in [-0.05, 0) is 113 Å². The number of halogens is 2. The van der Waals surface area contributed by atoms with Crippen LogP contribution in [0.2, 0.25) is 11.6 Å². The largest absolute Gasteiger partial charge is 1.00 e. The zero-order chi connectivity index (χ0) is 51.4. The maximum Gasteiger partial charge on any atom is 1.00 e. The van der Waals surface area contributed by atoms with Crippen LogP contribution in [0.1, 0.15) is 131 Å². The van der Waals surface area contributed by atoms with Gasteiger partial charge in [-0.1, -0.05) is 111 Å². The van der Waals surface area contributed by atoms with Crippen molar-refractivity contribution in [3.05, 3.63) is 132 Å². The number of aliphatic hydroxyl groups is 3.